The first-order valence-electron chi connectivity index (χ1n) is 19.7. The molecule has 0 rings (SSSR count). The van der Waals surface area contributed by atoms with E-state index in [2.05, 4.69) is 37.8 Å². The Kier molecular flexibility index (Phi) is 33.6. The number of carbonyl (C=O) groups excluding carboxylic acids is 2. The van der Waals surface area contributed by atoms with E-state index >= 15 is 0 Å². The molecule has 0 heterocycles. The molecular weight excluding hydrogens is 574 g/mol. The van der Waals surface area contributed by atoms with Gasteiger partial charge in [-0.15, -0.1) is 0 Å². The van der Waals surface area contributed by atoms with Gasteiger partial charge in [-0.1, -0.05) is 129 Å². The van der Waals surface area contributed by atoms with Gasteiger partial charge in [0.2, 0.25) is 0 Å². The molecule has 2 atom stereocenters. The van der Waals surface area contributed by atoms with Gasteiger partial charge in [-0.25, -0.2) is 4.79 Å². The van der Waals surface area contributed by atoms with E-state index in [0.717, 1.165) is 83.6 Å². The monoisotopic (exact) mass is 652 g/mol. The molecule has 0 N–H and O–H groups in total. The van der Waals surface area contributed by atoms with Crippen LogP contribution in [0.15, 0.2) is 12.2 Å². The summed E-state index contributed by atoms with van der Waals surface area (Å²) < 4.78 is 17.0. The molecule has 6 nitrogen and oxygen atoms in total. The Bertz CT molecular complexity index is 695. The highest BCUT2D eigenvalue weighted by molar-refractivity contribution is 5.69. The highest BCUT2D eigenvalue weighted by Gasteiger charge is 2.16. The lowest BCUT2D eigenvalue weighted by Gasteiger charge is -2.18. The first kappa shape index (κ1) is 44.4. The number of ether oxygens (including phenoxy) is 3. The number of unbranched alkanes of at least 4 members (excludes halogenated alkanes) is 17. The largest absolute Gasteiger partial charge is 0.508 e. The molecule has 0 amide bonds. The first-order chi connectivity index (χ1) is 22.4. The van der Waals surface area contributed by atoms with Crippen LogP contribution >= 0.6 is 0 Å². The van der Waals surface area contributed by atoms with E-state index < -0.39 is 6.16 Å². The molecule has 0 saturated carbocycles. The summed E-state index contributed by atoms with van der Waals surface area (Å²) in [5, 5.41) is 0. The quantitative estimate of drug-likeness (QED) is 0.0392. The summed E-state index contributed by atoms with van der Waals surface area (Å²) in [5.41, 5.74) is 0. The lowest BCUT2D eigenvalue weighted by atomic mass is 10.0. The van der Waals surface area contributed by atoms with Gasteiger partial charge in [0.05, 0.1) is 6.61 Å². The van der Waals surface area contributed by atoms with Gasteiger partial charge in [-0.05, 0) is 78.3 Å². The summed E-state index contributed by atoms with van der Waals surface area (Å²) in [6.45, 7) is 7.97. The molecule has 46 heavy (non-hydrogen) atoms. The van der Waals surface area contributed by atoms with E-state index in [1.807, 2.05) is 14.1 Å². The number of carbonyl (C=O) groups is 2. The molecule has 0 aromatic rings. The van der Waals surface area contributed by atoms with Gasteiger partial charge in [0.1, 0.15) is 12.2 Å². The zero-order valence-electron chi connectivity index (χ0n) is 31.3. The summed E-state index contributed by atoms with van der Waals surface area (Å²) in [6, 6.07) is 0. The lowest BCUT2D eigenvalue weighted by molar-refractivity contribution is -0.149. The van der Waals surface area contributed by atoms with Crippen LogP contribution in [0.3, 0.4) is 0 Å². The molecule has 6 heteroatoms. The van der Waals surface area contributed by atoms with Gasteiger partial charge in [0.25, 0.3) is 0 Å². The van der Waals surface area contributed by atoms with E-state index in [1.54, 1.807) is 0 Å². The highest BCUT2D eigenvalue weighted by atomic mass is 16.7. The molecule has 0 fully saturated rings. The third-order valence-corrected chi connectivity index (χ3v) is 8.74. The summed E-state index contributed by atoms with van der Waals surface area (Å²) in [5.74, 6) is -0.0234. The molecule has 2 unspecified atom stereocenters. The minimum absolute atomic E-state index is 0.0234. The Hall–Kier alpha value is -1.56. The van der Waals surface area contributed by atoms with E-state index in [9.17, 15) is 9.59 Å². The van der Waals surface area contributed by atoms with Crippen molar-refractivity contribution >= 4 is 12.1 Å². The number of rotatable bonds is 34. The minimum Gasteiger partial charge on any atom is -0.462 e. The molecule has 0 saturated heterocycles. The molecule has 0 aliphatic carbocycles. The van der Waals surface area contributed by atoms with Crippen LogP contribution in [0.4, 0.5) is 4.79 Å². The van der Waals surface area contributed by atoms with Crippen molar-refractivity contribution in [2.45, 2.75) is 206 Å². The highest BCUT2D eigenvalue weighted by Crippen LogP contribution is 2.19. The van der Waals surface area contributed by atoms with Crippen LogP contribution < -0.4 is 0 Å². The average Bonchev–Trinajstić information content (AvgIpc) is 3.03. The van der Waals surface area contributed by atoms with Gasteiger partial charge in [-0.2, -0.15) is 0 Å². The topological polar surface area (TPSA) is 65.1 Å². The number of esters is 1. The van der Waals surface area contributed by atoms with Gasteiger partial charge >= 0.3 is 12.1 Å². The van der Waals surface area contributed by atoms with Crippen molar-refractivity contribution in [2.24, 2.45) is 0 Å². The predicted molar refractivity (Wildman–Crippen MR) is 195 cm³/mol. The predicted octanol–water partition coefficient (Wildman–Crippen LogP) is 12.1. The number of hydrogen-bond acceptors (Lipinski definition) is 6. The maximum atomic E-state index is 12.3. The fraction of sp³-hybridized carbons (Fsp3) is 0.900. The molecule has 0 aromatic heterocycles. The SMILES string of the molecule is CCCCCCCCCCC(CCCCCCCC=CCC(CCCCCC)OC(=O)CCCCC)OC(=O)OCCCN(C)C. The molecule has 0 aromatic carbocycles. The van der Waals surface area contributed by atoms with Gasteiger partial charge in [0, 0.05) is 19.4 Å². The second kappa shape index (κ2) is 34.8. The fourth-order valence-corrected chi connectivity index (χ4v) is 5.79. The fourth-order valence-electron chi connectivity index (χ4n) is 5.79. The Labute approximate surface area is 286 Å². The number of nitrogens with zero attached hydrogens (tertiary/aromatic N) is 1. The van der Waals surface area contributed by atoms with Crippen LogP contribution in [0.2, 0.25) is 0 Å². The number of allylic oxidation sites excluding steroid dienone is 1. The van der Waals surface area contributed by atoms with Crippen LogP contribution in [0, 0.1) is 0 Å². The first-order valence-corrected chi connectivity index (χ1v) is 19.7. The van der Waals surface area contributed by atoms with Crippen molar-refractivity contribution in [1.29, 1.82) is 0 Å². The van der Waals surface area contributed by atoms with Crippen LogP contribution in [0.1, 0.15) is 194 Å². The summed E-state index contributed by atoms with van der Waals surface area (Å²) in [7, 11) is 4.05. The third kappa shape index (κ3) is 32.4. The minimum atomic E-state index is -0.496. The van der Waals surface area contributed by atoms with Crippen molar-refractivity contribution in [3.63, 3.8) is 0 Å². The normalized spacial score (nSPS) is 12.9. The van der Waals surface area contributed by atoms with Crippen molar-refractivity contribution < 1.29 is 23.8 Å². The van der Waals surface area contributed by atoms with Crippen molar-refractivity contribution in [3.8, 4) is 0 Å². The molecule has 0 radical (unpaired) electrons. The van der Waals surface area contributed by atoms with Gasteiger partial charge < -0.3 is 19.1 Å². The molecule has 272 valence electrons. The zero-order chi connectivity index (χ0) is 33.9. The average molecular weight is 652 g/mol. The standard InChI is InChI=1S/C40H77NO5/c1-6-9-12-14-15-18-22-27-32-38(46-40(43)44-36-29-35-41(4)5)33-28-23-20-17-16-19-21-26-31-37(30-25-13-10-7-2)45-39(42)34-24-11-8-3/h21,26,37-38H,6-20,22-25,27-36H2,1-5H3. The molecular formula is C40H77NO5. The summed E-state index contributed by atoms with van der Waals surface area (Å²) >= 11 is 0. The second-order valence-corrected chi connectivity index (χ2v) is 13.7. The van der Waals surface area contributed by atoms with Crippen molar-refractivity contribution in [3.05, 3.63) is 12.2 Å². The van der Waals surface area contributed by atoms with Crippen LogP contribution in [-0.4, -0.2) is 56.5 Å². The molecule has 0 aliphatic heterocycles. The van der Waals surface area contributed by atoms with E-state index in [-0.39, 0.29) is 18.2 Å². The van der Waals surface area contributed by atoms with Crippen molar-refractivity contribution in [1.82, 2.24) is 4.90 Å². The van der Waals surface area contributed by atoms with E-state index in [0.29, 0.717) is 13.0 Å². The lowest BCUT2D eigenvalue weighted by Crippen LogP contribution is -2.21. The molecule has 0 aliphatic rings. The van der Waals surface area contributed by atoms with E-state index in [4.69, 9.17) is 14.2 Å². The Morgan fingerprint density at radius 1 is 0.565 bits per heavy atom. The number of hydrogen-bond donors (Lipinski definition) is 0. The van der Waals surface area contributed by atoms with E-state index in [1.165, 1.54) is 89.9 Å². The van der Waals surface area contributed by atoms with Crippen molar-refractivity contribution in [2.75, 3.05) is 27.2 Å². The maximum Gasteiger partial charge on any atom is 0.508 e. The Morgan fingerprint density at radius 2 is 1.07 bits per heavy atom. The maximum absolute atomic E-state index is 12.3. The van der Waals surface area contributed by atoms with Crippen LogP contribution in [0.5, 0.6) is 0 Å². The molecule has 0 bridgehead atoms. The second-order valence-electron chi connectivity index (χ2n) is 13.7. The summed E-state index contributed by atoms with van der Waals surface area (Å²) in [6.07, 6.45) is 34.3. The van der Waals surface area contributed by atoms with Crippen LogP contribution in [-0.2, 0) is 19.0 Å². The Balaban J connectivity index is 4.34. The van der Waals surface area contributed by atoms with Gasteiger partial charge in [-0.3, -0.25) is 4.79 Å². The smallest absolute Gasteiger partial charge is 0.462 e. The third-order valence-electron chi connectivity index (χ3n) is 8.74. The summed E-state index contributed by atoms with van der Waals surface area (Å²) in [4.78, 5) is 26.7. The van der Waals surface area contributed by atoms with Gasteiger partial charge in [0.15, 0.2) is 0 Å². The zero-order valence-corrected chi connectivity index (χ0v) is 31.3. The Morgan fingerprint density at radius 3 is 1.65 bits per heavy atom. The molecule has 0 spiro atoms. The van der Waals surface area contributed by atoms with Crippen LogP contribution in [0.25, 0.3) is 0 Å².